The Morgan fingerprint density at radius 3 is 2.82 bits per heavy atom. The van der Waals surface area contributed by atoms with Gasteiger partial charge in [-0.05, 0) is 31.9 Å². The highest BCUT2D eigenvalue weighted by atomic mass is 16.5. The standard InChI is InChI=1S/C17H20N2O3/c1-11-6-7-13(16(18)20)9-19(11)17(21)14-8-12-4-2-3-5-15(12)22-10-14/h2-5,8,11,13H,6-7,9-10H2,1H3,(H2,18,20)/t11-,13+/m0/s1. The van der Waals surface area contributed by atoms with Crippen molar-refractivity contribution in [3.05, 3.63) is 35.4 Å². The number of carbonyl (C=O) groups is 2. The zero-order chi connectivity index (χ0) is 15.7. The molecule has 2 heterocycles. The van der Waals surface area contributed by atoms with E-state index in [0.717, 1.165) is 24.2 Å². The quantitative estimate of drug-likeness (QED) is 0.901. The first-order chi connectivity index (χ1) is 10.6. The van der Waals surface area contributed by atoms with Crippen LogP contribution in [0.3, 0.4) is 0 Å². The predicted octanol–water partition coefficient (Wildman–Crippen LogP) is 1.57. The molecule has 0 unspecified atom stereocenters. The van der Waals surface area contributed by atoms with Gasteiger partial charge < -0.3 is 15.4 Å². The zero-order valence-corrected chi connectivity index (χ0v) is 12.6. The van der Waals surface area contributed by atoms with Crippen molar-refractivity contribution in [3.8, 4) is 5.75 Å². The highest BCUT2D eigenvalue weighted by Gasteiger charge is 2.33. The second-order valence-corrected chi connectivity index (χ2v) is 5.98. The summed E-state index contributed by atoms with van der Waals surface area (Å²) >= 11 is 0. The Kier molecular flexibility index (Phi) is 3.88. The number of amides is 2. The Morgan fingerprint density at radius 2 is 2.05 bits per heavy atom. The third-order valence-corrected chi connectivity index (χ3v) is 4.45. The molecule has 0 aliphatic carbocycles. The number of rotatable bonds is 2. The number of nitrogens with zero attached hydrogens (tertiary/aromatic N) is 1. The Bertz CT molecular complexity index is 639. The van der Waals surface area contributed by atoms with E-state index >= 15 is 0 Å². The molecule has 116 valence electrons. The third-order valence-electron chi connectivity index (χ3n) is 4.45. The molecular formula is C17H20N2O3. The molecule has 2 aliphatic rings. The lowest BCUT2D eigenvalue weighted by atomic mass is 9.92. The van der Waals surface area contributed by atoms with Crippen LogP contribution in [-0.4, -0.2) is 35.9 Å². The first-order valence-corrected chi connectivity index (χ1v) is 7.59. The van der Waals surface area contributed by atoms with Crippen molar-refractivity contribution in [3.63, 3.8) is 0 Å². The first kappa shape index (κ1) is 14.6. The van der Waals surface area contributed by atoms with Crippen LogP contribution in [0.15, 0.2) is 29.8 Å². The van der Waals surface area contributed by atoms with Gasteiger partial charge in [0.1, 0.15) is 12.4 Å². The van der Waals surface area contributed by atoms with Crippen LogP contribution in [0.2, 0.25) is 0 Å². The molecule has 2 atom stereocenters. The van der Waals surface area contributed by atoms with Crippen molar-refractivity contribution < 1.29 is 14.3 Å². The summed E-state index contributed by atoms with van der Waals surface area (Å²) in [5.41, 5.74) is 6.93. The van der Waals surface area contributed by atoms with E-state index < -0.39 is 0 Å². The Labute approximate surface area is 129 Å². The van der Waals surface area contributed by atoms with Crippen molar-refractivity contribution in [2.75, 3.05) is 13.2 Å². The molecule has 1 saturated heterocycles. The minimum atomic E-state index is -0.330. The van der Waals surface area contributed by atoms with Crippen LogP contribution in [-0.2, 0) is 9.59 Å². The number of carbonyl (C=O) groups excluding carboxylic acids is 2. The van der Waals surface area contributed by atoms with Crippen molar-refractivity contribution in [2.24, 2.45) is 11.7 Å². The average molecular weight is 300 g/mol. The minimum absolute atomic E-state index is 0.0621. The molecule has 1 fully saturated rings. The van der Waals surface area contributed by atoms with E-state index in [1.54, 1.807) is 4.90 Å². The van der Waals surface area contributed by atoms with Crippen LogP contribution in [0.1, 0.15) is 25.3 Å². The van der Waals surface area contributed by atoms with Gasteiger partial charge in [0.15, 0.2) is 0 Å². The van der Waals surface area contributed by atoms with Crippen LogP contribution in [0.4, 0.5) is 0 Å². The van der Waals surface area contributed by atoms with E-state index in [9.17, 15) is 9.59 Å². The van der Waals surface area contributed by atoms with Crippen LogP contribution >= 0.6 is 0 Å². The van der Waals surface area contributed by atoms with Gasteiger partial charge in [-0.3, -0.25) is 9.59 Å². The van der Waals surface area contributed by atoms with Gasteiger partial charge in [0.05, 0.1) is 11.5 Å². The first-order valence-electron chi connectivity index (χ1n) is 7.59. The summed E-state index contributed by atoms with van der Waals surface area (Å²) in [4.78, 5) is 25.9. The molecule has 0 radical (unpaired) electrons. The maximum absolute atomic E-state index is 12.8. The number of hydrogen-bond donors (Lipinski definition) is 1. The molecule has 2 aliphatic heterocycles. The van der Waals surface area contributed by atoms with Crippen LogP contribution in [0.5, 0.6) is 5.75 Å². The number of para-hydroxylation sites is 1. The molecule has 1 aromatic rings. The fraction of sp³-hybridized carbons (Fsp3) is 0.412. The van der Waals surface area contributed by atoms with E-state index in [2.05, 4.69) is 0 Å². The number of benzene rings is 1. The summed E-state index contributed by atoms with van der Waals surface area (Å²) < 4.78 is 5.65. The second-order valence-electron chi connectivity index (χ2n) is 5.98. The van der Waals surface area contributed by atoms with E-state index in [1.807, 2.05) is 37.3 Å². The molecule has 3 rings (SSSR count). The number of nitrogens with two attached hydrogens (primary N) is 1. The van der Waals surface area contributed by atoms with Gasteiger partial charge in [-0.1, -0.05) is 18.2 Å². The van der Waals surface area contributed by atoms with Crippen molar-refractivity contribution in [1.82, 2.24) is 4.90 Å². The summed E-state index contributed by atoms with van der Waals surface area (Å²) in [6.45, 7) is 2.67. The molecular weight excluding hydrogens is 280 g/mol. The lowest BCUT2D eigenvalue weighted by Crippen LogP contribution is -2.49. The molecule has 0 saturated carbocycles. The highest BCUT2D eigenvalue weighted by Crippen LogP contribution is 2.29. The van der Waals surface area contributed by atoms with Gasteiger partial charge in [0.2, 0.25) is 5.91 Å². The number of likely N-dealkylation sites (tertiary alicyclic amines) is 1. The summed E-state index contributed by atoms with van der Waals surface area (Å²) in [7, 11) is 0. The summed E-state index contributed by atoms with van der Waals surface area (Å²) in [5, 5.41) is 0. The van der Waals surface area contributed by atoms with E-state index in [4.69, 9.17) is 10.5 Å². The molecule has 2 N–H and O–H groups in total. The van der Waals surface area contributed by atoms with Gasteiger partial charge in [-0.2, -0.15) is 0 Å². The van der Waals surface area contributed by atoms with E-state index in [1.165, 1.54) is 0 Å². The van der Waals surface area contributed by atoms with Gasteiger partial charge >= 0.3 is 0 Å². The van der Waals surface area contributed by atoms with Crippen LogP contribution in [0, 0.1) is 5.92 Å². The topological polar surface area (TPSA) is 72.6 Å². The largest absolute Gasteiger partial charge is 0.488 e. The highest BCUT2D eigenvalue weighted by molar-refractivity contribution is 5.99. The predicted molar refractivity (Wildman–Crippen MR) is 83.0 cm³/mol. The van der Waals surface area contributed by atoms with Crippen molar-refractivity contribution in [1.29, 1.82) is 0 Å². The van der Waals surface area contributed by atoms with Crippen LogP contribution < -0.4 is 10.5 Å². The Hall–Kier alpha value is -2.30. The van der Waals surface area contributed by atoms with E-state index in [0.29, 0.717) is 12.1 Å². The fourth-order valence-corrected chi connectivity index (χ4v) is 3.05. The van der Waals surface area contributed by atoms with E-state index in [-0.39, 0.29) is 30.4 Å². The molecule has 0 spiro atoms. The number of fused-ring (bicyclic) bond motifs is 1. The molecule has 5 heteroatoms. The van der Waals surface area contributed by atoms with Gasteiger partial charge in [-0.15, -0.1) is 0 Å². The second kappa shape index (κ2) is 5.83. The number of primary amides is 1. The summed E-state index contributed by atoms with van der Waals surface area (Å²) in [5.74, 6) is 0.148. The maximum Gasteiger partial charge on any atom is 0.253 e. The SMILES string of the molecule is C[C@H]1CC[C@@H](C(N)=O)CN1C(=O)C1=Cc2ccccc2OC1. The fourth-order valence-electron chi connectivity index (χ4n) is 3.05. The zero-order valence-electron chi connectivity index (χ0n) is 12.6. The van der Waals surface area contributed by atoms with Crippen molar-refractivity contribution >= 4 is 17.9 Å². The van der Waals surface area contributed by atoms with Crippen molar-refractivity contribution in [2.45, 2.75) is 25.8 Å². The van der Waals surface area contributed by atoms with Gasteiger partial charge in [0.25, 0.3) is 5.91 Å². The summed E-state index contributed by atoms with van der Waals surface area (Å²) in [6, 6.07) is 7.75. The Balaban J connectivity index is 1.81. The monoisotopic (exact) mass is 300 g/mol. The minimum Gasteiger partial charge on any atom is -0.488 e. The van der Waals surface area contributed by atoms with Gasteiger partial charge in [-0.25, -0.2) is 0 Å². The molecule has 5 nitrogen and oxygen atoms in total. The smallest absolute Gasteiger partial charge is 0.253 e. The van der Waals surface area contributed by atoms with Gasteiger partial charge in [0, 0.05) is 18.2 Å². The lowest BCUT2D eigenvalue weighted by Gasteiger charge is -2.37. The molecule has 22 heavy (non-hydrogen) atoms. The number of ether oxygens (including phenoxy) is 1. The molecule has 0 bridgehead atoms. The third kappa shape index (κ3) is 2.71. The Morgan fingerprint density at radius 1 is 1.27 bits per heavy atom. The normalized spacial score (nSPS) is 24.0. The van der Waals surface area contributed by atoms with Crippen LogP contribution in [0.25, 0.3) is 6.08 Å². The molecule has 2 amide bonds. The maximum atomic E-state index is 12.8. The summed E-state index contributed by atoms with van der Waals surface area (Å²) in [6.07, 6.45) is 3.42. The number of hydrogen-bond acceptors (Lipinski definition) is 3. The molecule has 1 aromatic carbocycles. The molecule has 0 aromatic heterocycles. The number of piperidine rings is 1. The lowest BCUT2D eigenvalue weighted by molar-refractivity contribution is -0.134. The average Bonchev–Trinajstić information content (AvgIpc) is 2.54.